The number of aldehydes is 1. The molecule has 1 heterocycles. The van der Waals surface area contributed by atoms with Gasteiger partial charge in [0, 0.05) is 16.8 Å². The molecule has 1 aromatic rings. The van der Waals surface area contributed by atoms with Gasteiger partial charge in [0.1, 0.15) is 0 Å². The molecule has 0 N–H and O–H groups in total. The number of hydrogen-bond donors (Lipinski definition) is 0. The van der Waals surface area contributed by atoms with Gasteiger partial charge in [-0.05, 0) is 55.3 Å². The van der Waals surface area contributed by atoms with E-state index in [1.54, 1.807) is 0 Å². The normalized spacial score (nSPS) is 20.3. The molecule has 1 aromatic heterocycles. The summed E-state index contributed by atoms with van der Waals surface area (Å²) in [6.45, 7) is 20.2. The van der Waals surface area contributed by atoms with Gasteiger partial charge in [0.25, 0.3) is 0 Å². The molecule has 0 aliphatic heterocycles. The summed E-state index contributed by atoms with van der Waals surface area (Å²) >= 11 is 0. The molecule has 0 aromatic carbocycles. The topological polar surface area (TPSA) is 39.2 Å². The lowest BCUT2D eigenvalue weighted by atomic mass is 9.73. The first-order valence-electron chi connectivity index (χ1n) is 9.48. The van der Waals surface area contributed by atoms with E-state index in [4.69, 9.17) is 9.41 Å². The second-order valence-corrected chi connectivity index (χ2v) is 14.6. The van der Waals surface area contributed by atoms with Gasteiger partial charge in [-0.15, -0.1) is 0 Å². The van der Waals surface area contributed by atoms with Crippen LogP contribution in [-0.4, -0.2) is 19.6 Å². The van der Waals surface area contributed by atoms with Gasteiger partial charge in [0.05, 0.1) is 11.8 Å². The second kappa shape index (κ2) is 6.62. The molecule has 0 amide bonds. The Morgan fingerprint density at radius 3 is 2.40 bits per heavy atom. The minimum atomic E-state index is -1.91. The van der Waals surface area contributed by atoms with Crippen LogP contribution in [0.3, 0.4) is 0 Å². The van der Waals surface area contributed by atoms with E-state index in [0.29, 0.717) is 0 Å². The smallest absolute Gasteiger partial charge is 0.192 e. The van der Waals surface area contributed by atoms with Gasteiger partial charge in [0.15, 0.2) is 14.6 Å². The summed E-state index contributed by atoms with van der Waals surface area (Å²) < 4.78 is 6.84. The molecule has 1 unspecified atom stereocenters. The summed E-state index contributed by atoms with van der Waals surface area (Å²) in [5.41, 5.74) is 5.26. The maximum absolute atomic E-state index is 11.7. The summed E-state index contributed by atoms with van der Waals surface area (Å²) in [6, 6.07) is 0. The van der Waals surface area contributed by atoms with Gasteiger partial charge in [-0.25, -0.2) is 0 Å². The Morgan fingerprint density at radius 1 is 1.32 bits per heavy atom. The van der Waals surface area contributed by atoms with Gasteiger partial charge in [-0.3, -0.25) is 9.78 Å². The Kier molecular flexibility index (Phi) is 5.38. The second-order valence-electron chi connectivity index (χ2n) is 9.84. The Bertz CT molecular complexity index is 671. The van der Waals surface area contributed by atoms with Crippen LogP contribution in [0.25, 0.3) is 0 Å². The van der Waals surface area contributed by atoms with Gasteiger partial charge in [-0.2, -0.15) is 0 Å². The fourth-order valence-electron chi connectivity index (χ4n) is 3.61. The molecule has 0 saturated heterocycles. The van der Waals surface area contributed by atoms with Crippen molar-refractivity contribution in [3.8, 4) is 0 Å². The van der Waals surface area contributed by atoms with E-state index in [1.807, 2.05) is 0 Å². The van der Waals surface area contributed by atoms with Crippen LogP contribution < -0.4 is 0 Å². The van der Waals surface area contributed by atoms with Crippen LogP contribution in [0.5, 0.6) is 0 Å². The molecular weight excluding hydrogens is 326 g/mol. The quantitative estimate of drug-likeness (QED) is 0.502. The van der Waals surface area contributed by atoms with E-state index < -0.39 is 8.32 Å². The van der Waals surface area contributed by atoms with Crippen LogP contribution in [0, 0.1) is 12.3 Å². The summed E-state index contributed by atoms with van der Waals surface area (Å²) in [4.78, 5) is 16.6. The van der Waals surface area contributed by atoms with Crippen molar-refractivity contribution in [3.05, 3.63) is 28.1 Å². The number of nitrogens with zero attached hydrogens (tertiary/aromatic N) is 1. The number of carbonyl (C=O) groups excluding carboxylic acids is 1. The highest BCUT2D eigenvalue weighted by molar-refractivity contribution is 6.74. The van der Waals surface area contributed by atoms with Crippen LogP contribution in [-0.2, 0) is 17.3 Å². The third kappa shape index (κ3) is 3.90. The Labute approximate surface area is 154 Å². The van der Waals surface area contributed by atoms with E-state index in [2.05, 4.69) is 61.6 Å². The molecule has 0 fully saturated rings. The first-order chi connectivity index (χ1) is 11.3. The standard InChI is InChI=1S/C21H35NO2Si/c1-10-16-15(13-23)14(2)19-17(22-16)11-21(6,7)12-18(19)24-25(8,9)20(3,4)5/h13,18H,10-12H2,1-9H3. The molecule has 25 heavy (non-hydrogen) atoms. The van der Waals surface area contributed by atoms with Crippen LogP contribution in [0.1, 0.15) is 86.9 Å². The molecule has 140 valence electrons. The zero-order valence-corrected chi connectivity index (χ0v) is 18.5. The van der Waals surface area contributed by atoms with Crippen molar-refractivity contribution in [3.63, 3.8) is 0 Å². The molecule has 2 rings (SSSR count). The van der Waals surface area contributed by atoms with Crippen molar-refractivity contribution >= 4 is 14.6 Å². The van der Waals surface area contributed by atoms with Gasteiger partial charge >= 0.3 is 0 Å². The maximum atomic E-state index is 11.7. The highest BCUT2D eigenvalue weighted by atomic mass is 28.4. The molecule has 4 heteroatoms. The molecular formula is C21H35NO2Si. The van der Waals surface area contributed by atoms with E-state index in [1.165, 1.54) is 5.56 Å². The summed E-state index contributed by atoms with van der Waals surface area (Å²) in [5.74, 6) is 0. The minimum absolute atomic E-state index is 0.0387. The van der Waals surface area contributed by atoms with Crippen LogP contribution in [0.4, 0.5) is 0 Å². The zero-order chi connectivity index (χ0) is 19.2. The molecule has 1 aliphatic rings. The van der Waals surface area contributed by atoms with Crippen molar-refractivity contribution in [2.45, 2.75) is 92.0 Å². The van der Waals surface area contributed by atoms with Crippen molar-refractivity contribution in [1.82, 2.24) is 4.98 Å². The molecule has 0 saturated carbocycles. The highest BCUT2D eigenvalue weighted by Gasteiger charge is 2.43. The minimum Gasteiger partial charge on any atom is -0.410 e. The number of carbonyl (C=O) groups is 1. The number of pyridine rings is 1. The molecule has 0 bridgehead atoms. The van der Waals surface area contributed by atoms with Crippen molar-refractivity contribution < 1.29 is 9.22 Å². The largest absolute Gasteiger partial charge is 0.410 e. The number of rotatable bonds is 4. The van der Waals surface area contributed by atoms with Crippen LogP contribution in [0.15, 0.2) is 0 Å². The number of aryl methyl sites for hydroxylation is 1. The lowest BCUT2D eigenvalue weighted by molar-refractivity contribution is 0.105. The maximum Gasteiger partial charge on any atom is 0.192 e. The molecule has 0 spiro atoms. The van der Waals surface area contributed by atoms with Crippen molar-refractivity contribution in [1.29, 1.82) is 0 Å². The van der Waals surface area contributed by atoms with Crippen LogP contribution in [0.2, 0.25) is 18.1 Å². The van der Waals surface area contributed by atoms with E-state index >= 15 is 0 Å². The molecule has 0 radical (unpaired) electrons. The number of fused-ring (bicyclic) bond motifs is 1. The Balaban J connectivity index is 2.60. The SMILES string of the molecule is CCc1nc2c(c(C)c1C=O)C(O[Si](C)(C)C(C)(C)C)CC(C)(C)C2. The summed E-state index contributed by atoms with van der Waals surface area (Å²) in [7, 11) is -1.91. The highest BCUT2D eigenvalue weighted by Crippen LogP contribution is 2.48. The number of aromatic nitrogens is 1. The summed E-state index contributed by atoms with van der Waals surface area (Å²) in [6.07, 6.45) is 3.74. The Morgan fingerprint density at radius 2 is 1.92 bits per heavy atom. The van der Waals surface area contributed by atoms with Crippen molar-refractivity contribution in [2.24, 2.45) is 5.41 Å². The third-order valence-corrected chi connectivity index (χ3v) is 10.6. The first-order valence-corrected chi connectivity index (χ1v) is 12.4. The lowest BCUT2D eigenvalue weighted by Gasteiger charge is -2.44. The monoisotopic (exact) mass is 361 g/mol. The fraction of sp³-hybridized carbons (Fsp3) is 0.714. The first kappa shape index (κ1) is 20.3. The molecule has 3 nitrogen and oxygen atoms in total. The fourth-order valence-corrected chi connectivity index (χ4v) is 4.88. The lowest BCUT2D eigenvalue weighted by Crippen LogP contribution is -2.44. The third-order valence-electron chi connectivity index (χ3n) is 6.10. The van der Waals surface area contributed by atoms with E-state index in [-0.39, 0.29) is 16.6 Å². The average molecular weight is 362 g/mol. The van der Waals surface area contributed by atoms with Gasteiger partial charge in [-0.1, -0.05) is 41.5 Å². The van der Waals surface area contributed by atoms with Gasteiger partial charge in [0.2, 0.25) is 0 Å². The molecule has 1 atom stereocenters. The van der Waals surface area contributed by atoms with Crippen LogP contribution >= 0.6 is 0 Å². The van der Waals surface area contributed by atoms with Gasteiger partial charge < -0.3 is 4.43 Å². The zero-order valence-electron chi connectivity index (χ0n) is 17.5. The van der Waals surface area contributed by atoms with E-state index in [9.17, 15) is 4.79 Å². The Hall–Kier alpha value is -1.00. The number of hydrogen-bond acceptors (Lipinski definition) is 3. The molecule has 1 aliphatic carbocycles. The predicted molar refractivity (Wildman–Crippen MR) is 107 cm³/mol. The van der Waals surface area contributed by atoms with E-state index in [0.717, 1.165) is 48.1 Å². The average Bonchev–Trinajstić information content (AvgIpc) is 2.43. The predicted octanol–water partition coefficient (Wildman–Crippen LogP) is 5.80. The summed E-state index contributed by atoms with van der Waals surface area (Å²) in [5, 5.41) is 0.160. The van der Waals surface area contributed by atoms with Crippen molar-refractivity contribution in [2.75, 3.05) is 0 Å².